The molecule has 0 aliphatic rings. The normalized spacial score (nSPS) is 10.9. The van der Waals surface area contributed by atoms with E-state index in [1.807, 2.05) is 48.9 Å². The van der Waals surface area contributed by atoms with E-state index in [9.17, 15) is 9.90 Å². The van der Waals surface area contributed by atoms with E-state index in [1.54, 1.807) is 6.20 Å². The van der Waals surface area contributed by atoms with Crippen LogP contribution >= 0.6 is 15.9 Å². The van der Waals surface area contributed by atoms with Crippen LogP contribution in [0.25, 0.3) is 11.1 Å². The molecule has 0 radical (unpaired) electrons. The molecule has 0 atom stereocenters. The number of carbonyl (C=O) groups is 1. The Morgan fingerprint density at radius 2 is 1.83 bits per heavy atom. The number of hydrogen-bond acceptors (Lipinski definition) is 1. The average Bonchev–Trinajstić information content (AvgIpc) is 2.75. The Hall–Kier alpha value is -1.55. The molecule has 4 heteroatoms. The fourth-order valence-corrected chi connectivity index (χ4v) is 2.07. The van der Waals surface area contributed by atoms with Crippen LogP contribution in [0.3, 0.4) is 0 Å². The summed E-state index contributed by atoms with van der Waals surface area (Å²) in [6, 6.07) is 7.89. The maximum Gasteiger partial charge on any atom is 0.337 e. The number of nitrogens with zero attached hydrogens (tertiary/aromatic N) is 1. The zero-order valence-electron chi connectivity index (χ0n) is 10.2. The van der Waals surface area contributed by atoms with Crippen molar-refractivity contribution < 1.29 is 9.90 Å². The van der Waals surface area contributed by atoms with Crippen LogP contribution in [0.2, 0.25) is 0 Å². The van der Waals surface area contributed by atoms with Crippen LogP contribution in [-0.2, 0) is 0 Å². The predicted octanol–water partition coefficient (Wildman–Crippen LogP) is 4.20. The van der Waals surface area contributed by atoms with Crippen molar-refractivity contribution >= 4 is 21.9 Å². The van der Waals surface area contributed by atoms with Crippen molar-refractivity contribution in [2.75, 3.05) is 0 Å². The number of carboxylic acids is 1. The van der Waals surface area contributed by atoms with Gasteiger partial charge in [-0.3, -0.25) is 0 Å². The van der Waals surface area contributed by atoms with Gasteiger partial charge in [-0.25, -0.2) is 4.79 Å². The summed E-state index contributed by atoms with van der Waals surface area (Å²) in [5, 5.41) is 9.25. The molecule has 18 heavy (non-hydrogen) atoms. The third-order valence-electron chi connectivity index (χ3n) is 2.83. The lowest BCUT2D eigenvalue weighted by atomic mass is 10.1. The summed E-state index contributed by atoms with van der Waals surface area (Å²) in [4.78, 5) is 11.3. The fraction of sp³-hybridized carbons (Fsp3) is 0.214. The predicted molar refractivity (Wildman–Crippen MR) is 74.9 cm³/mol. The Morgan fingerprint density at radius 1 is 1.22 bits per heavy atom. The van der Waals surface area contributed by atoms with E-state index in [0.717, 1.165) is 15.6 Å². The molecule has 0 saturated carbocycles. The minimum absolute atomic E-state index is 0.243. The number of hydrogen-bond donors (Lipinski definition) is 1. The van der Waals surface area contributed by atoms with Crippen LogP contribution in [-0.4, -0.2) is 15.6 Å². The Kier molecular flexibility index (Phi) is 3.57. The molecule has 0 amide bonds. The molecule has 0 spiro atoms. The van der Waals surface area contributed by atoms with Crippen molar-refractivity contribution in [3.8, 4) is 11.1 Å². The summed E-state index contributed by atoms with van der Waals surface area (Å²) in [5.74, 6) is -0.896. The van der Waals surface area contributed by atoms with Crippen LogP contribution in [0.1, 0.15) is 30.2 Å². The molecule has 1 heterocycles. The van der Waals surface area contributed by atoms with E-state index >= 15 is 0 Å². The molecule has 3 nitrogen and oxygen atoms in total. The van der Waals surface area contributed by atoms with Gasteiger partial charge in [0.1, 0.15) is 0 Å². The standard InChI is InChI=1S/C14H14BrNO2/c1-9(2)16-7-12(13(8-16)14(17)18)10-3-5-11(15)6-4-10/h3-9H,1-2H3,(H,17,18). The van der Waals surface area contributed by atoms with Crippen molar-refractivity contribution in [2.45, 2.75) is 19.9 Å². The topological polar surface area (TPSA) is 42.2 Å². The Balaban J connectivity index is 2.55. The summed E-state index contributed by atoms with van der Waals surface area (Å²) in [6.45, 7) is 4.05. The molecule has 0 fully saturated rings. The van der Waals surface area contributed by atoms with Gasteiger partial charge in [-0.05, 0) is 31.5 Å². The number of benzene rings is 1. The summed E-state index contributed by atoms with van der Waals surface area (Å²) < 4.78 is 2.90. The zero-order valence-corrected chi connectivity index (χ0v) is 11.8. The van der Waals surface area contributed by atoms with Gasteiger partial charge in [0.25, 0.3) is 0 Å². The first-order chi connectivity index (χ1) is 8.49. The third kappa shape index (κ3) is 2.48. The number of rotatable bonds is 3. The van der Waals surface area contributed by atoms with Gasteiger partial charge in [-0.2, -0.15) is 0 Å². The SMILES string of the molecule is CC(C)n1cc(C(=O)O)c(-c2ccc(Br)cc2)c1. The van der Waals surface area contributed by atoms with Gasteiger partial charge in [0.2, 0.25) is 0 Å². The van der Waals surface area contributed by atoms with Crippen molar-refractivity contribution in [3.63, 3.8) is 0 Å². The first-order valence-electron chi connectivity index (χ1n) is 5.69. The second kappa shape index (κ2) is 4.98. The molecule has 1 N–H and O–H groups in total. The second-order valence-electron chi connectivity index (χ2n) is 4.44. The third-order valence-corrected chi connectivity index (χ3v) is 3.36. The van der Waals surface area contributed by atoms with Gasteiger partial charge in [-0.1, -0.05) is 28.1 Å². The fourth-order valence-electron chi connectivity index (χ4n) is 1.80. The molecule has 2 aromatic rings. The van der Waals surface area contributed by atoms with Gasteiger partial charge < -0.3 is 9.67 Å². The van der Waals surface area contributed by atoms with Crippen molar-refractivity contribution in [2.24, 2.45) is 0 Å². The smallest absolute Gasteiger partial charge is 0.337 e. The van der Waals surface area contributed by atoms with Crippen LogP contribution in [0.5, 0.6) is 0 Å². The maximum atomic E-state index is 11.3. The van der Waals surface area contributed by atoms with Crippen LogP contribution in [0.4, 0.5) is 0 Å². The summed E-state index contributed by atoms with van der Waals surface area (Å²) in [7, 11) is 0. The largest absolute Gasteiger partial charge is 0.478 e. The van der Waals surface area contributed by atoms with Gasteiger partial charge in [0, 0.05) is 28.5 Å². The second-order valence-corrected chi connectivity index (χ2v) is 5.35. The van der Waals surface area contributed by atoms with Crippen LogP contribution in [0, 0.1) is 0 Å². The summed E-state index contributed by atoms with van der Waals surface area (Å²) in [5.41, 5.74) is 2.00. The van der Waals surface area contributed by atoms with Gasteiger partial charge in [-0.15, -0.1) is 0 Å². The highest BCUT2D eigenvalue weighted by Gasteiger charge is 2.15. The highest BCUT2D eigenvalue weighted by Crippen LogP contribution is 2.27. The van der Waals surface area contributed by atoms with Gasteiger partial charge >= 0.3 is 5.97 Å². The van der Waals surface area contributed by atoms with E-state index in [0.29, 0.717) is 5.56 Å². The molecule has 2 rings (SSSR count). The van der Waals surface area contributed by atoms with E-state index in [1.165, 1.54) is 0 Å². The molecule has 94 valence electrons. The molecule has 0 bridgehead atoms. The van der Waals surface area contributed by atoms with Crippen molar-refractivity contribution in [3.05, 3.63) is 46.7 Å². The monoisotopic (exact) mass is 307 g/mol. The minimum Gasteiger partial charge on any atom is -0.478 e. The van der Waals surface area contributed by atoms with Crippen LogP contribution in [0.15, 0.2) is 41.1 Å². The van der Waals surface area contributed by atoms with Gasteiger partial charge in [0.15, 0.2) is 0 Å². The number of aromatic nitrogens is 1. The Labute approximate surface area is 114 Å². The van der Waals surface area contributed by atoms with E-state index < -0.39 is 5.97 Å². The van der Waals surface area contributed by atoms with Crippen LogP contribution < -0.4 is 0 Å². The average molecular weight is 308 g/mol. The van der Waals surface area contributed by atoms with E-state index in [4.69, 9.17) is 0 Å². The summed E-state index contributed by atoms with van der Waals surface area (Å²) >= 11 is 3.37. The first-order valence-corrected chi connectivity index (χ1v) is 6.49. The van der Waals surface area contributed by atoms with Crippen molar-refractivity contribution in [1.82, 2.24) is 4.57 Å². The molecular weight excluding hydrogens is 294 g/mol. The molecule has 1 aromatic heterocycles. The molecule has 0 aliphatic carbocycles. The lowest BCUT2D eigenvalue weighted by molar-refractivity contribution is 0.0697. The first kappa shape index (κ1) is 12.9. The van der Waals surface area contributed by atoms with E-state index in [2.05, 4.69) is 15.9 Å². The highest BCUT2D eigenvalue weighted by atomic mass is 79.9. The van der Waals surface area contributed by atoms with E-state index in [-0.39, 0.29) is 6.04 Å². The lowest BCUT2D eigenvalue weighted by Crippen LogP contribution is -1.98. The molecular formula is C14H14BrNO2. The quantitative estimate of drug-likeness (QED) is 0.923. The number of halogens is 1. The van der Waals surface area contributed by atoms with Gasteiger partial charge in [0.05, 0.1) is 5.56 Å². The number of aromatic carboxylic acids is 1. The molecule has 0 saturated heterocycles. The Bertz CT molecular complexity index is 570. The molecule has 0 unspecified atom stereocenters. The molecule has 0 aliphatic heterocycles. The number of carboxylic acid groups (broad SMARTS) is 1. The minimum atomic E-state index is -0.896. The summed E-state index contributed by atoms with van der Waals surface area (Å²) in [6.07, 6.45) is 3.57. The maximum absolute atomic E-state index is 11.3. The highest BCUT2D eigenvalue weighted by molar-refractivity contribution is 9.10. The lowest BCUT2D eigenvalue weighted by Gasteiger charge is -2.05. The zero-order chi connectivity index (χ0) is 13.3. The molecule has 1 aromatic carbocycles. The Morgan fingerprint density at radius 3 is 2.33 bits per heavy atom. The van der Waals surface area contributed by atoms with Crippen molar-refractivity contribution in [1.29, 1.82) is 0 Å².